The molecule has 6 heteroatoms. The summed E-state index contributed by atoms with van der Waals surface area (Å²) in [5.41, 5.74) is 6.41. The van der Waals surface area contributed by atoms with Gasteiger partial charge in [-0.05, 0) is 31.4 Å². The fourth-order valence-electron chi connectivity index (χ4n) is 2.55. The number of amides is 1. The van der Waals surface area contributed by atoms with E-state index in [1.54, 1.807) is 12.4 Å². The molecule has 6 nitrogen and oxygen atoms in total. The van der Waals surface area contributed by atoms with Crippen molar-refractivity contribution >= 4 is 17.4 Å². The zero-order valence-corrected chi connectivity index (χ0v) is 12.9. The van der Waals surface area contributed by atoms with Crippen molar-refractivity contribution in [3.8, 4) is 0 Å². The van der Waals surface area contributed by atoms with Gasteiger partial charge in [0.1, 0.15) is 5.41 Å². The number of hydrogen-bond donors (Lipinski definition) is 3. The minimum Gasteiger partial charge on any atom is -0.409 e. The van der Waals surface area contributed by atoms with Crippen LogP contribution in [0.1, 0.15) is 45.1 Å². The Morgan fingerprint density at radius 2 is 2.00 bits per heavy atom. The van der Waals surface area contributed by atoms with Gasteiger partial charge in [0.05, 0.1) is 11.9 Å². The van der Waals surface area contributed by atoms with Crippen molar-refractivity contribution in [2.75, 3.05) is 5.32 Å². The summed E-state index contributed by atoms with van der Waals surface area (Å²) in [5.74, 6) is -0.293. The molecule has 1 aromatic heterocycles. The normalized spacial score (nSPS) is 12.2. The third kappa shape index (κ3) is 3.93. The maximum atomic E-state index is 12.7. The number of carbonyl (C=O) groups is 1. The lowest BCUT2D eigenvalue weighted by atomic mass is 9.77. The van der Waals surface area contributed by atoms with Gasteiger partial charge in [0, 0.05) is 6.20 Å². The number of amidine groups is 1. The molecule has 0 aliphatic heterocycles. The molecular weight excluding hydrogens is 268 g/mol. The number of nitrogens with one attached hydrogen (secondary N) is 1. The Balaban J connectivity index is 3.09. The van der Waals surface area contributed by atoms with Gasteiger partial charge in [-0.3, -0.25) is 9.78 Å². The number of hydrogen-bond acceptors (Lipinski definition) is 4. The second-order valence-electron chi connectivity index (χ2n) is 5.27. The SMILES string of the molecule is CCCC(CCC)(C(=O)Nc1cncc(C)c1)/C(N)=N/O. The van der Waals surface area contributed by atoms with Crippen LogP contribution in [-0.2, 0) is 4.79 Å². The fourth-order valence-corrected chi connectivity index (χ4v) is 2.55. The third-order valence-corrected chi connectivity index (χ3v) is 3.52. The molecule has 0 aliphatic carbocycles. The van der Waals surface area contributed by atoms with Crippen molar-refractivity contribution in [2.45, 2.75) is 46.5 Å². The van der Waals surface area contributed by atoms with Crippen LogP contribution >= 0.6 is 0 Å². The first-order valence-corrected chi connectivity index (χ1v) is 7.21. The van der Waals surface area contributed by atoms with Gasteiger partial charge in [0.15, 0.2) is 5.84 Å². The van der Waals surface area contributed by atoms with E-state index in [1.165, 1.54) is 0 Å². The van der Waals surface area contributed by atoms with E-state index in [2.05, 4.69) is 15.5 Å². The summed E-state index contributed by atoms with van der Waals surface area (Å²) in [7, 11) is 0. The molecule has 1 amide bonds. The highest BCUT2D eigenvalue weighted by atomic mass is 16.4. The van der Waals surface area contributed by atoms with Gasteiger partial charge in [-0.1, -0.05) is 31.8 Å². The predicted molar refractivity (Wildman–Crippen MR) is 83.3 cm³/mol. The average molecular weight is 292 g/mol. The summed E-state index contributed by atoms with van der Waals surface area (Å²) in [5, 5.41) is 15.0. The Morgan fingerprint density at radius 3 is 2.48 bits per heavy atom. The molecule has 0 unspecified atom stereocenters. The quantitative estimate of drug-likeness (QED) is 0.311. The smallest absolute Gasteiger partial charge is 0.238 e. The van der Waals surface area contributed by atoms with Crippen LogP contribution in [0.4, 0.5) is 5.69 Å². The number of aryl methyl sites for hydroxylation is 1. The predicted octanol–water partition coefficient (Wildman–Crippen LogP) is 2.66. The zero-order valence-electron chi connectivity index (χ0n) is 12.9. The molecule has 0 bridgehead atoms. The number of carbonyl (C=O) groups excluding carboxylic acids is 1. The van der Waals surface area contributed by atoms with Crippen molar-refractivity contribution < 1.29 is 10.0 Å². The van der Waals surface area contributed by atoms with E-state index in [1.807, 2.05) is 26.8 Å². The number of anilines is 1. The van der Waals surface area contributed by atoms with E-state index in [9.17, 15) is 4.79 Å². The van der Waals surface area contributed by atoms with Crippen LogP contribution in [0.3, 0.4) is 0 Å². The Morgan fingerprint density at radius 1 is 1.38 bits per heavy atom. The number of nitrogens with two attached hydrogens (primary N) is 1. The number of aromatic nitrogens is 1. The maximum Gasteiger partial charge on any atom is 0.238 e. The summed E-state index contributed by atoms with van der Waals surface area (Å²) in [6, 6.07) is 1.83. The molecule has 21 heavy (non-hydrogen) atoms. The topological polar surface area (TPSA) is 101 Å². The zero-order chi connectivity index (χ0) is 15.9. The van der Waals surface area contributed by atoms with E-state index in [0.29, 0.717) is 18.5 Å². The minimum absolute atomic E-state index is 0.0377. The van der Waals surface area contributed by atoms with Crippen LogP contribution in [0.25, 0.3) is 0 Å². The first-order chi connectivity index (χ1) is 10.00. The molecule has 1 heterocycles. The van der Waals surface area contributed by atoms with Gasteiger partial charge >= 0.3 is 0 Å². The molecule has 116 valence electrons. The van der Waals surface area contributed by atoms with Crippen LogP contribution in [0.2, 0.25) is 0 Å². The van der Waals surface area contributed by atoms with Crippen LogP contribution in [-0.4, -0.2) is 21.9 Å². The lowest BCUT2D eigenvalue weighted by molar-refractivity contribution is -0.123. The Kier molecular flexibility index (Phi) is 6.14. The third-order valence-electron chi connectivity index (χ3n) is 3.52. The largest absolute Gasteiger partial charge is 0.409 e. The molecule has 0 saturated carbocycles. The van der Waals surface area contributed by atoms with Crippen LogP contribution < -0.4 is 11.1 Å². The Labute approximate surface area is 125 Å². The van der Waals surface area contributed by atoms with Crippen molar-refractivity contribution in [1.29, 1.82) is 0 Å². The first-order valence-electron chi connectivity index (χ1n) is 7.21. The highest BCUT2D eigenvalue weighted by Crippen LogP contribution is 2.32. The average Bonchev–Trinajstić information content (AvgIpc) is 2.46. The Bertz CT molecular complexity index is 508. The molecule has 0 atom stereocenters. The first kappa shape index (κ1) is 16.9. The molecule has 0 aliphatic rings. The highest BCUT2D eigenvalue weighted by Gasteiger charge is 2.41. The monoisotopic (exact) mass is 292 g/mol. The van der Waals surface area contributed by atoms with Gasteiger partial charge in [-0.2, -0.15) is 0 Å². The maximum absolute atomic E-state index is 12.7. The molecule has 0 fully saturated rings. The number of pyridine rings is 1. The lowest BCUT2D eigenvalue weighted by Crippen LogP contribution is -2.47. The van der Waals surface area contributed by atoms with Gasteiger partial charge in [0.2, 0.25) is 5.91 Å². The van der Waals surface area contributed by atoms with E-state index in [4.69, 9.17) is 10.9 Å². The molecule has 0 saturated heterocycles. The standard InChI is InChI=1S/C15H24N4O2/c1-4-6-15(7-5-2,13(16)19-21)14(20)18-12-8-11(3)9-17-10-12/h8-10,21H,4-7H2,1-3H3,(H2,16,19)(H,18,20). The molecule has 0 radical (unpaired) electrons. The lowest BCUT2D eigenvalue weighted by Gasteiger charge is -2.30. The summed E-state index contributed by atoms with van der Waals surface area (Å²) in [6.07, 6.45) is 5.87. The van der Waals surface area contributed by atoms with Crippen molar-refractivity contribution in [2.24, 2.45) is 16.3 Å². The highest BCUT2D eigenvalue weighted by molar-refractivity contribution is 6.11. The molecule has 0 spiro atoms. The van der Waals surface area contributed by atoms with Crippen LogP contribution in [0, 0.1) is 12.3 Å². The summed E-state index contributed by atoms with van der Waals surface area (Å²) in [4.78, 5) is 16.8. The van der Waals surface area contributed by atoms with Crippen molar-refractivity contribution in [3.63, 3.8) is 0 Å². The van der Waals surface area contributed by atoms with Crippen LogP contribution in [0.5, 0.6) is 0 Å². The number of nitrogens with zero attached hydrogens (tertiary/aromatic N) is 2. The van der Waals surface area contributed by atoms with Crippen molar-refractivity contribution in [3.05, 3.63) is 24.0 Å². The van der Waals surface area contributed by atoms with Gasteiger partial charge in [-0.15, -0.1) is 0 Å². The molecule has 0 aromatic carbocycles. The molecule has 1 aromatic rings. The van der Waals surface area contributed by atoms with E-state index < -0.39 is 5.41 Å². The number of oxime groups is 1. The minimum atomic E-state index is -0.984. The summed E-state index contributed by atoms with van der Waals surface area (Å²) < 4.78 is 0. The van der Waals surface area contributed by atoms with Gasteiger partial charge in [-0.25, -0.2) is 0 Å². The second-order valence-corrected chi connectivity index (χ2v) is 5.27. The van der Waals surface area contributed by atoms with Gasteiger partial charge in [0.25, 0.3) is 0 Å². The summed E-state index contributed by atoms with van der Waals surface area (Å²) in [6.45, 7) is 5.84. The second kappa shape index (κ2) is 7.61. The van der Waals surface area contributed by atoms with Crippen molar-refractivity contribution in [1.82, 2.24) is 4.98 Å². The van der Waals surface area contributed by atoms with E-state index >= 15 is 0 Å². The fraction of sp³-hybridized carbons (Fsp3) is 0.533. The van der Waals surface area contributed by atoms with Crippen LogP contribution in [0.15, 0.2) is 23.6 Å². The number of rotatable bonds is 7. The van der Waals surface area contributed by atoms with Gasteiger partial charge < -0.3 is 16.3 Å². The summed E-state index contributed by atoms with van der Waals surface area (Å²) >= 11 is 0. The van der Waals surface area contributed by atoms with E-state index in [-0.39, 0.29) is 11.7 Å². The van der Waals surface area contributed by atoms with E-state index in [0.717, 1.165) is 18.4 Å². The molecule has 4 N–H and O–H groups in total. The molecular formula is C15H24N4O2. The molecule has 1 rings (SSSR count). The Hall–Kier alpha value is -2.11.